The van der Waals surface area contributed by atoms with Crippen LogP contribution in [0.1, 0.15) is 54.8 Å². The normalized spacial score (nSPS) is 30.4. The van der Waals surface area contributed by atoms with E-state index >= 15 is 0 Å². The number of likely N-dealkylation sites (tertiary alicyclic amines) is 1. The minimum atomic E-state index is -4.40. The van der Waals surface area contributed by atoms with Gasteiger partial charge < -0.3 is 0 Å². The van der Waals surface area contributed by atoms with Crippen LogP contribution in [0, 0.1) is 12.3 Å². The van der Waals surface area contributed by atoms with Crippen LogP contribution in [0.3, 0.4) is 0 Å². The molecule has 1 aliphatic carbocycles. The summed E-state index contributed by atoms with van der Waals surface area (Å²) < 4.78 is 61.5. The number of halogens is 3. The van der Waals surface area contributed by atoms with E-state index < -0.39 is 21.7 Å². The third-order valence-electron chi connectivity index (χ3n) is 6.61. The Morgan fingerprint density at radius 2 is 1.85 bits per heavy atom. The van der Waals surface area contributed by atoms with Crippen molar-refractivity contribution < 1.29 is 21.6 Å². The maximum absolute atomic E-state index is 12.8. The highest BCUT2D eigenvalue weighted by atomic mass is 32.2. The van der Waals surface area contributed by atoms with Gasteiger partial charge in [0.25, 0.3) is 0 Å². The number of nitrogens with zero attached hydrogens (tertiary/aromatic N) is 2. The molecule has 2 saturated heterocycles. The van der Waals surface area contributed by atoms with Crippen molar-refractivity contribution in [1.82, 2.24) is 9.88 Å². The van der Waals surface area contributed by atoms with E-state index in [9.17, 15) is 21.6 Å². The van der Waals surface area contributed by atoms with E-state index in [4.69, 9.17) is 0 Å². The molecule has 3 aliphatic rings. The van der Waals surface area contributed by atoms with E-state index in [0.717, 1.165) is 56.8 Å². The summed E-state index contributed by atoms with van der Waals surface area (Å²) in [7, 11) is -2.80. The minimum Gasteiger partial charge on any atom is -0.300 e. The molecule has 1 aromatic rings. The Kier molecular flexibility index (Phi) is 4.57. The van der Waals surface area contributed by atoms with Crippen molar-refractivity contribution in [2.24, 2.45) is 5.41 Å². The van der Waals surface area contributed by atoms with Crippen molar-refractivity contribution in [1.29, 1.82) is 0 Å². The van der Waals surface area contributed by atoms with Gasteiger partial charge in [-0.25, -0.2) is 8.42 Å². The Bertz CT molecular complexity index is 818. The van der Waals surface area contributed by atoms with Crippen molar-refractivity contribution >= 4 is 9.84 Å². The van der Waals surface area contributed by atoms with Crippen molar-refractivity contribution in [2.75, 3.05) is 24.6 Å². The average molecular weight is 402 g/mol. The highest BCUT2D eigenvalue weighted by Gasteiger charge is 2.53. The number of rotatable bonds is 2. The van der Waals surface area contributed by atoms with Crippen molar-refractivity contribution in [2.45, 2.75) is 57.2 Å². The standard InChI is InChI=1S/C19H25F3N2O2S/c1-13-8-17(19(20,21)22)23-9-16(13)14-2-4-15(5-3-14)24-7-6-18(10-24)11-27(25,26)12-18/h8-9,14-15H,2-7,10-12H2,1H3/t14-,15+. The third kappa shape index (κ3) is 3.75. The number of hydrogen-bond donors (Lipinski definition) is 0. The van der Waals surface area contributed by atoms with Gasteiger partial charge in [0.05, 0.1) is 11.5 Å². The zero-order valence-corrected chi connectivity index (χ0v) is 16.2. The molecule has 4 nitrogen and oxygen atoms in total. The number of aromatic nitrogens is 1. The van der Waals surface area contributed by atoms with Crippen LogP contribution in [0.25, 0.3) is 0 Å². The molecule has 4 rings (SSSR count). The molecule has 1 aromatic heterocycles. The van der Waals surface area contributed by atoms with E-state index in [2.05, 4.69) is 9.88 Å². The molecule has 3 fully saturated rings. The number of alkyl halides is 3. The highest BCUT2D eigenvalue weighted by molar-refractivity contribution is 7.92. The van der Waals surface area contributed by atoms with Crippen LogP contribution in [-0.2, 0) is 16.0 Å². The van der Waals surface area contributed by atoms with E-state index in [-0.39, 0.29) is 11.3 Å². The van der Waals surface area contributed by atoms with Gasteiger partial charge in [-0.2, -0.15) is 13.2 Å². The molecule has 3 heterocycles. The highest BCUT2D eigenvalue weighted by Crippen LogP contribution is 2.44. The smallest absolute Gasteiger partial charge is 0.300 e. The molecule has 150 valence electrons. The third-order valence-corrected chi connectivity index (χ3v) is 8.72. The zero-order valence-electron chi connectivity index (χ0n) is 15.4. The predicted octanol–water partition coefficient (Wildman–Crippen LogP) is 3.56. The molecule has 0 unspecified atom stereocenters. The molecule has 2 aliphatic heterocycles. The fourth-order valence-electron chi connectivity index (χ4n) is 5.31. The summed E-state index contributed by atoms with van der Waals surface area (Å²) in [6, 6.07) is 1.62. The quantitative estimate of drug-likeness (QED) is 0.759. The van der Waals surface area contributed by atoms with Crippen molar-refractivity contribution in [3.05, 3.63) is 29.1 Å². The van der Waals surface area contributed by atoms with Gasteiger partial charge in [-0.1, -0.05) is 0 Å². The molecular formula is C19H25F3N2O2S. The van der Waals surface area contributed by atoms with Crippen molar-refractivity contribution in [3.63, 3.8) is 0 Å². The number of hydrogen-bond acceptors (Lipinski definition) is 4. The first kappa shape index (κ1) is 19.2. The van der Waals surface area contributed by atoms with E-state index in [1.807, 2.05) is 0 Å². The Morgan fingerprint density at radius 3 is 2.41 bits per heavy atom. The van der Waals surface area contributed by atoms with Crippen LogP contribution in [0.4, 0.5) is 13.2 Å². The summed E-state index contributed by atoms with van der Waals surface area (Å²) in [6.45, 7) is 3.58. The summed E-state index contributed by atoms with van der Waals surface area (Å²) in [5.41, 5.74) is 0.768. The van der Waals surface area contributed by atoms with E-state index in [0.29, 0.717) is 23.1 Å². The van der Waals surface area contributed by atoms with Gasteiger partial charge in [0, 0.05) is 24.2 Å². The maximum Gasteiger partial charge on any atom is 0.433 e. The Hall–Kier alpha value is -1.15. The van der Waals surface area contributed by atoms with Gasteiger partial charge in [-0.3, -0.25) is 9.88 Å². The fraction of sp³-hybridized carbons (Fsp3) is 0.737. The summed E-state index contributed by atoms with van der Waals surface area (Å²) >= 11 is 0. The first-order valence-electron chi connectivity index (χ1n) is 9.55. The lowest BCUT2D eigenvalue weighted by Gasteiger charge is -2.40. The molecule has 0 N–H and O–H groups in total. The first-order valence-corrected chi connectivity index (χ1v) is 11.4. The van der Waals surface area contributed by atoms with Crippen molar-refractivity contribution in [3.8, 4) is 0 Å². The minimum absolute atomic E-state index is 0.0103. The summed E-state index contributed by atoms with van der Waals surface area (Å²) in [5.74, 6) is 0.932. The summed E-state index contributed by atoms with van der Waals surface area (Å²) in [4.78, 5) is 6.09. The Labute approximate surface area is 158 Å². The van der Waals surface area contributed by atoms with Crippen LogP contribution in [0.15, 0.2) is 12.3 Å². The molecular weight excluding hydrogens is 377 g/mol. The SMILES string of the molecule is Cc1cc(C(F)(F)F)ncc1[C@H]1CC[C@@H](N2CCC3(C2)CS(=O)(=O)C3)CC1. The molecule has 0 bridgehead atoms. The number of sulfone groups is 1. The lowest BCUT2D eigenvalue weighted by atomic mass is 9.80. The Morgan fingerprint density at radius 1 is 1.19 bits per heavy atom. The van der Waals surface area contributed by atoms with Crippen LogP contribution < -0.4 is 0 Å². The van der Waals surface area contributed by atoms with Gasteiger partial charge >= 0.3 is 6.18 Å². The van der Waals surface area contributed by atoms with Crippen LogP contribution in [-0.4, -0.2) is 48.9 Å². The second kappa shape index (κ2) is 6.44. The maximum atomic E-state index is 12.8. The average Bonchev–Trinajstić information content (AvgIpc) is 2.97. The van der Waals surface area contributed by atoms with Crippen LogP contribution in [0.2, 0.25) is 0 Å². The van der Waals surface area contributed by atoms with Gasteiger partial charge in [-0.05, 0) is 68.7 Å². The molecule has 0 aromatic carbocycles. The summed E-state index contributed by atoms with van der Waals surface area (Å²) in [5, 5.41) is 0. The predicted molar refractivity (Wildman–Crippen MR) is 96.2 cm³/mol. The van der Waals surface area contributed by atoms with Crippen LogP contribution in [0.5, 0.6) is 0 Å². The fourth-order valence-corrected chi connectivity index (χ4v) is 7.56. The van der Waals surface area contributed by atoms with Gasteiger partial charge in [-0.15, -0.1) is 0 Å². The van der Waals surface area contributed by atoms with Gasteiger partial charge in [0.15, 0.2) is 9.84 Å². The van der Waals surface area contributed by atoms with Gasteiger partial charge in [0.2, 0.25) is 0 Å². The number of pyridine rings is 1. The van der Waals surface area contributed by atoms with Gasteiger partial charge in [0.1, 0.15) is 5.69 Å². The zero-order chi connectivity index (χ0) is 19.4. The molecule has 0 amide bonds. The molecule has 0 atom stereocenters. The first-order chi connectivity index (χ1) is 12.6. The molecule has 1 saturated carbocycles. The molecule has 8 heteroatoms. The lowest BCUT2D eigenvalue weighted by Crippen LogP contribution is -2.51. The largest absolute Gasteiger partial charge is 0.433 e. The second-order valence-corrected chi connectivity index (χ2v) is 10.7. The topological polar surface area (TPSA) is 50.3 Å². The lowest BCUT2D eigenvalue weighted by molar-refractivity contribution is -0.141. The second-order valence-electron chi connectivity index (χ2n) is 8.68. The van der Waals surface area contributed by atoms with Crippen LogP contribution >= 0.6 is 0 Å². The van der Waals surface area contributed by atoms with E-state index in [1.54, 1.807) is 6.92 Å². The molecule has 1 spiro atoms. The van der Waals surface area contributed by atoms with E-state index in [1.165, 1.54) is 6.20 Å². The molecule has 0 radical (unpaired) electrons. The monoisotopic (exact) mass is 402 g/mol. The number of aryl methyl sites for hydroxylation is 1. The Balaban J connectivity index is 1.36. The molecule has 27 heavy (non-hydrogen) atoms. The summed E-state index contributed by atoms with van der Waals surface area (Å²) in [6.07, 6.45) is 1.88.